The molecule has 120 valence electrons. The van der Waals surface area contributed by atoms with E-state index < -0.39 is 33.9 Å². The Labute approximate surface area is 127 Å². The SMILES string of the molecule is CNc1nccc(C(=O)N[C@H](C(N)=O)C(C)(C)C)c1[N+](=O)[O-]. The molecule has 1 rings (SSSR count). The van der Waals surface area contributed by atoms with Gasteiger partial charge in [-0.15, -0.1) is 0 Å². The van der Waals surface area contributed by atoms with E-state index in [2.05, 4.69) is 15.6 Å². The van der Waals surface area contributed by atoms with Crippen LogP contribution in [0.5, 0.6) is 0 Å². The van der Waals surface area contributed by atoms with Crippen molar-refractivity contribution in [2.24, 2.45) is 11.1 Å². The van der Waals surface area contributed by atoms with Crippen molar-refractivity contribution in [1.82, 2.24) is 10.3 Å². The van der Waals surface area contributed by atoms with Crippen molar-refractivity contribution in [3.8, 4) is 0 Å². The second-order valence-corrected chi connectivity index (χ2v) is 5.74. The number of aromatic nitrogens is 1. The Morgan fingerprint density at radius 1 is 1.41 bits per heavy atom. The van der Waals surface area contributed by atoms with Crippen LogP contribution < -0.4 is 16.4 Å². The van der Waals surface area contributed by atoms with Gasteiger partial charge in [0.25, 0.3) is 5.91 Å². The Morgan fingerprint density at radius 3 is 2.41 bits per heavy atom. The van der Waals surface area contributed by atoms with Crippen molar-refractivity contribution in [2.75, 3.05) is 12.4 Å². The first kappa shape index (κ1) is 17.3. The van der Waals surface area contributed by atoms with Crippen LogP contribution in [0.4, 0.5) is 11.5 Å². The molecular formula is C13H19N5O4. The van der Waals surface area contributed by atoms with Crippen molar-refractivity contribution >= 4 is 23.3 Å². The Kier molecular flexibility index (Phi) is 5.02. The quantitative estimate of drug-likeness (QED) is 0.539. The average Bonchev–Trinajstić information content (AvgIpc) is 2.41. The molecule has 0 fully saturated rings. The lowest BCUT2D eigenvalue weighted by Crippen LogP contribution is -2.52. The van der Waals surface area contributed by atoms with Gasteiger partial charge >= 0.3 is 5.69 Å². The van der Waals surface area contributed by atoms with Gasteiger partial charge in [-0.05, 0) is 11.5 Å². The van der Waals surface area contributed by atoms with Crippen molar-refractivity contribution in [3.05, 3.63) is 27.9 Å². The number of nitrogens with zero attached hydrogens (tertiary/aromatic N) is 2. The van der Waals surface area contributed by atoms with E-state index in [9.17, 15) is 19.7 Å². The summed E-state index contributed by atoms with van der Waals surface area (Å²) in [4.78, 5) is 38.1. The summed E-state index contributed by atoms with van der Waals surface area (Å²) in [5.41, 5.74) is 4.01. The van der Waals surface area contributed by atoms with E-state index in [-0.39, 0.29) is 11.4 Å². The molecule has 0 bridgehead atoms. The molecular weight excluding hydrogens is 290 g/mol. The van der Waals surface area contributed by atoms with Crippen LogP contribution in [-0.4, -0.2) is 34.8 Å². The Bertz CT molecular complexity index is 609. The number of nitro groups is 1. The van der Waals surface area contributed by atoms with Crippen LogP contribution in [0.1, 0.15) is 31.1 Å². The molecule has 2 amide bonds. The van der Waals surface area contributed by atoms with Crippen LogP contribution in [0.3, 0.4) is 0 Å². The normalized spacial score (nSPS) is 12.4. The van der Waals surface area contributed by atoms with Crippen LogP contribution in [0.25, 0.3) is 0 Å². The molecule has 0 unspecified atom stereocenters. The second-order valence-electron chi connectivity index (χ2n) is 5.74. The van der Waals surface area contributed by atoms with Crippen LogP contribution >= 0.6 is 0 Å². The fourth-order valence-electron chi connectivity index (χ4n) is 1.93. The number of nitrogens with one attached hydrogen (secondary N) is 2. The van der Waals surface area contributed by atoms with Gasteiger partial charge in [-0.1, -0.05) is 20.8 Å². The predicted octanol–water partition coefficient (Wildman–Crippen LogP) is 0.661. The van der Waals surface area contributed by atoms with Gasteiger partial charge in [0.15, 0.2) is 0 Å². The van der Waals surface area contributed by atoms with Gasteiger partial charge < -0.3 is 16.4 Å². The van der Waals surface area contributed by atoms with Gasteiger partial charge in [-0.3, -0.25) is 19.7 Å². The summed E-state index contributed by atoms with van der Waals surface area (Å²) < 4.78 is 0. The molecule has 22 heavy (non-hydrogen) atoms. The molecule has 9 heteroatoms. The number of carbonyl (C=O) groups excluding carboxylic acids is 2. The van der Waals surface area contributed by atoms with Gasteiger partial charge in [-0.25, -0.2) is 4.98 Å². The number of nitrogens with two attached hydrogens (primary N) is 1. The number of primary amides is 1. The Balaban J connectivity index is 3.24. The zero-order valence-corrected chi connectivity index (χ0v) is 12.8. The first-order chi connectivity index (χ1) is 10.1. The molecule has 0 aromatic carbocycles. The highest BCUT2D eigenvalue weighted by atomic mass is 16.6. The molecule has 0 radical (unpaired) electrons. The molecule has 1 aromatic rings. The molecule has 4 N–H and O–H groups in total. The monoisotopic (exact) mass is 309 g/mol. The minimum atomic E-state index is -0.967. The summed E-state index contributed by atoms with van der Waals surface area (Å²) in [6.07, 6.45) is 1.27. The maximum absolute atomic E-state index is 12.3. The summed E-state index contributed by atoms with van der Waals surface area (Å²) >= 11 is 0. The smallest absolute Gasteiger partial charge is 0.324 e. The molecule has 0 aliphatic heterocycles. The third kappa shape index (κ3) is 3.68. The molecule has 0 saturated carbocycles. The zero-order chi connectivity index (χ0) is 17.1. The molecule has 9 nitrogen and oxygen atoms in total. The topological polar surface area (TPSA) is 140 Å². The number of amides is 2. The Morgan fingerprint density at radius 2 is 2.00 bits per heavy atom. The third-order valence-corrected chi connectivity index (χ3v) is 3.01. The highest BCUT2D eigenvalue weighted by Gasteiger charge is 2.33. The molecule has 1 atom stereocenters. The van der Waals surface area contributed by atoms with Crippen molar-refractivity contribution in [1.29, 1.82) is 0 Å². The first-order valence-corrected chi connectivity index (χ1v) is 6.51. The van der Waals surface area contributed by atoms with Gasteiger partial charge in [0.2, 0.25) is 11.7 Å². The number of carbonyl (C=O) groups is 2. The third-order valence-electron chi connectivity index (χ3n) is 3.01. The fraction of sp³-hybridized carbons (Fsp3) is 0.462. The van der Waals surface area contributed by atoms with Crippen molar-refractivity contribution in [2.45, 2.75) is 26.8 Å². The summed E-state index contributed by atoms with van der Waals surface area (Å²) in [5, 5.41) is 16.2. The largest absolute Gasteiger partial charge is 0.368 e. The molecule has 0 aliphatic carbocycles. The van der Waals surface area contributed by atoms with Crippen LogP contribution in [0.2, 0.25) is 0 Å². The zero-order valence-electron chi connectivity index (χ0n) is 12.8. The maximum atomic E-state index is 12.3. The maximum Gasteiger partial charge on any atom is 0.324 e. The number of anilines is 1. The summed E-state index contributed by atoms with van der Waals surface area (Å²) in [6.45, 7) is 5.17. The fourth-order valence-corrected chi connectivity index (χ4v) is 1.93. The van der Waals surface area contributed by atoms with Crippen LogP contribution in [-0.2, 0) is 4.79 Å². The van der Waals surface area contributed by atoms with Crippen LogP contribution in [0.15, 0.2) is 12.3 Å². The lowest BCUT2D eigenvalue weighted by molar-refractivity contribution is -0.384. The molecule has 0 aliphatic rings. The van der Waals surface area contributed by atoms with E-state index in [0.717, 1.165) is 0 Å². The summed E-state index contributed by atoms with van der Waals surface area (Å²) in [7, 11) is 1.46. The highest BCUT2D eigenvalue weighted by Crippen LogP contribution is 2.27. The van der Waals surface area contributed by atoms with E-state index in [1.165, 1.54) is 19.3 Å². The number of rotatable bonds is 5. The standard InChI is InChI=1S/C13H19N5O4/c1-13(2,3)9(10(14)19)17-12(20)7-5-6-16-11(15-4)8(7)18(21)22/h5-6,9H,1-4H3,(H2,14,19)(H,15,16)(H,17,20)/t9-/m1/s1. The molecule has 0 spiro atoms. The lowest BCUT2D eigenvalue weighted by atomic mass is 9.86. The molecule has 1 aromatic heterocycles. The minimum Gasteiger partial charge on any atom is -0.368 e. The van der Waals surface area contributed by atoms with Gasteiger partial charge in [0.1, 0.15) is 11.6 Å². The van der Waals surface area contributed by atoms with Crippen molar-refractivity contribution < 1.29 is 14.5 Å². The average molecular weight is 309 g/mol. The van der Waals surface area contributed by atoms with Gasteiger partial charge in [0.05, 0.1) is 4.92 Å². The Hall–Kier alpha value is -2.71. The molecule has 0 saturated heterocycles. The first-order valence-electron chi connectivity index (χ1n) is 6.51. The molecule has 1 heterocycles. The van der Waals surface area contributed by atoms with Gasteiger partial charge in [-0.2, -0.15) is 0 Å². The van der Waals surface area contributed by atoms with Gasteiger partial charge in [0, 0.05) is 13.2 Å². The summed E-state index contributed by atoms with van der Waals surface area (Å²) in [6, 6.07) is 0.250. The van der Waals surface area contributed by atoms with Crippen LogP contribution in [0, 0.1) is 15.5 Å². The van der Waals surface area contributed by atoms with E-state index >= 15 is 0 Å². The number of hydrogen-bond donors (Lipinski definition) is 3. The summed E-state index contributed by atoms with van der Waals surface area (Å²) in [5.74, 6) is -1.51. The number of hydrogen-bond acceptors (Lipinski definition) is 6. The predicted molar refractivity (Wildman–Crippen MR) is 80.3 cm³/mol. The van der Waals surface area contributed by atoms with Crippen molar-refractivity contribution in [3.63, 3.8) is 0 Å². The second kappa shape index (κ2) is 6.37. The van der Waals surface area contributed by atoms with E-state index in [4.69, 9.17) is 5.73 Å². The minimum absolute atomic E-state index is 0.0379. The van der Waals surface area contributed by atoms with E-state index in [1.54, 1.807) is 20.8 Å². The lowest BCUT2D eigenvalue weighted by Gasteiger charge is -2.28. The highest BCUT2D eigenvalue weighted by molar-refractivity contribution is 6.02. The van der Waals surface area contributed by atoms with E-state index in [0.29, 0.717) is 0 Å². The number of pyridine rings is 1. The van der Waals surface area contributed by atoms with E-state index in [1.807, 2.05) is 0 Å².